The van der Waals surface area contributed by atoms with E-state index in [-0.39, 0.29) is 5.69 Å². The van der Waals surface area contributed by atoms with Crippen molar-refractivity contribution in [2.45, 2.75) is 13.5 Å². The molecule has 0 radical (unpaired) electrons. The summed E-state index contributed by atoms with van der Waals surface area (Å²) in [6.07, 6.45) is 1.62. The molecule has 0 aliphatic heterocycles. The molecule has 2 aromatic rings. The predicted molar refractivity (Wildman–Crippen MR) is 101 cm³/mol. The van der Waals surface area contributed by atoms with Crippen molar-refractivity contribution in [3.8, 4) is 5.75 Å². The summed E-state index contributed by atoms with van der Waals surface area (Å²) >= 11 is 5.03. The van der Waals surface area contributed by atoms with E-state index in [2.05, 4.69) is 15.8 Å². The molecule has 130 valence electrons. The van der Waals surface area contributed by atoms with Crippen LogP contribution in [-0.2, 0) is 6.61 Å². The molecule has 7 nitrogen and oxygen atoms in total. The molecule has 0 fully saturated rings. The van der Waals surface area contributed by atoms with E-state index in [4.69, 9.17) is 17.0 Å². The highest BCUT2D eigenvalue weighted by molar-refractivity contribution is 7.80. The predicted octanol–water partition coefficient (Wildman–Crippen LogP) is 2.99. The number of hydrogen-bond acceptors (Lipinski definition) is 5. The van der Waals surface area contributed by atoms with Gasteiger partial charge in [-0.2, -0.15) is 5.10 Å². The maximum absolute atomic E-state index is 10.7. The number of hydrogen-bond donors (Lipinski definition) is 2. The molecular weight excluding hydrogens is 340 g/mol. The zero-order chi connectivity index (χ0) is 18.1. The lowest BCUT2D eigenvalue weighted by Gasteiger charge is -2.09. The van der Waals surface area contributed by atoms with Gasteiger partial charge in [0, 0.05) is 24.2 Å². The lowest BCUT2D eigenvalue weighted by atomic mass is 10.2. The van der Waals surface area contributed by atoms with Crippen molar-refractivity contribution in [2.24, 2.45) is 5.10 Å². The van der Waals surface area contributed by atoms with Crippen LogP contribution in [0, 0.1) is 10.1 Å². The van der Waals surface area contributed by atoms with E-state index < -0.39 is 4.92 Å². The molecule has 0 aromatic heterocycles. The first-order valence-electron chi connectivity index (χ1n) is 7.62. The standard InChI is InChI=1S/C17H18N4O3S/c1-2-18-17(25)20-19-11-14-5-3-4-6-16(14)24-12-13-7-9-15(10-8-13)21(22)23/h3-11H,2,12H2,1H3,(H2,18,20,25)/b19-11-. The van der Waals surface area contributed by atoms with Crippen molar-refractivity contribution in [1.82, 2.24) is 10.7 Å². The van der Waals surface area contributed by atoms with Crippen LogP contribution in [0.5, 0.6) is 5.75 Å². The summed E-state index contributed by atoms with van der Waals surface area (Å²) in [4.78, 5) is 10.2. The van der Waals surface area contributed by atoms with Crippen LogP contribution in [0.25, 0.3) is 0 Å². The Morgan fingerprint density at radius 2 is 2.00 bits per heavy atom. The fraction of sp³-hybridized carbons (Fsp3) is 0.176. The molecule has 0 atom stereocenters. The van der Waals surface area contributed by atoms with Gasteiger partial charge < -0.3 is 10.1 Å². The Hall–Kier alpha value is -3.00. The molecule has 0 bridgehead atoms. The van der Waals surface area contributed by atoms with Gasteiger partial charge >= 0.3 is 0 Å². The van der Waals surface area contributed by atoms with Crippen molar-refractivity contribution in [3.05, 3.63) is 69.8 Å². The molecule has 0 aliphatic carbocycles. The number of ether oxygens (including phenoxy) is 1. The Morgan fingerprint density at radius 3 is 2.68 bits per heavy atom. The number of hydrazone groups is 1. The zero-order valence-electron chi connectivity index (χ0n) is 13.6. The monoisotopic (exact) mass is 358 g/mol. The van der Waals surface area contributed by atoms with Crippen LogP contribution < -0.4 is 15.5 Å². The lowest BCUT2D eigenvalue weighted by molar-refractivity contribution is -0.384. The number of non-ortho nitro benzene ring substituents is 1. The third-order valence-electron chi connectivity index (χ3n) is 3.17. The summed E-state index contributed by atoms with van der Waals surface area (Å²) in [6.45, 7) is 2.96. The van der Waals surface area contributed by atoms with E-state index in [0.717, 1.165) is 17.7 Å². The molecule has 25 heavy (non-hydrogen) atoms. The SMILES string of the molecule is CCNC(=S)N/N=C\c1ccccc1OCc1ccc([N+](=O)[O-])cc1. The van der Waals surface area contributed by atoms with E-state index in [1.807, 2.05) is 31.2 Å². The Labute approximate surface area is 150 Å². The topological polar surface area (TPSA) is 88.8 Å². The largest absolute Gasteiger partial charge is 0.488 e. The summed E-state index contributed by atoms with van der Waals surface area (Å²) in [5.74, 6) is 0.653. The van der Waals surface area contributed by atoms with Gasteiger partial charge in [0.15, 0.2) is 5.11 Å². The molecule has 2 rings (SSSR count). The number of nitrogens with one attached hydrogen (secondary N) is 2. The summed E-state index contributed by atoms with van der Waals surface area (Å²) in [5, 5.41) is 18.1. The highest BCUT2D eigenvalue weighted by Crippen LogP contribution is 2.18. The van der Waals surface area contributed by atoms with Gasteiger partial charge in [-0.3, -0.25) is 15.5 Å². The fourth-order valence-electron chi connectivity index (χ4n) is 1.95. The highest BCUT2D eigenvalue weighted by Gasteiger charge is 2.05. The Balaban J connectivity index is 1.99. The second kappa shape index (κ2) is 9.33. The van der Waals surface area contributed by atoms with Gasteiger partial charge in [0.2, 0.25) is 0 Å². The van der Waals surface area contributed by atoms with Crippen molar-refractivity contribution in [1.29, 1.82) is 0 Å². The quantitative estimate of drug-likeness (QED) is 0.342. The maximum Gasteiger partial charge on any atom is 0.269 e. The van der Waals surface area contributed by atoms with E-state index in [1.54, 1.807) is 18.3 Å². The minimum Gasteiger partial charge on any atom is -0.488 e. The van der Waals surface area contributed by atoms with Crippen molar-refractivity contribution in [2.75, 3.05) is 6.54 Å². The van der Waals surface area contributed by atoms with Crippen LogP contribution in [0.3, 0.4) is 0 Å². The van der Waals surface area contributed by atoms with Gasteiger partial charge in [0.05, 0.1) is 11.1 Å². The third-order valence-corrected chi connectivity index (χ3v) is 3.40. The normalized spacial score (nSPS) is 10.4. The highest BCUT2D eigenvalue weighted by atomic mass is 32.1. The van der Waals surface area contributed by atoms with E-state index in [1.165, 1.54) is 12.1 Å². The number of nitro groups is 1. The molecule has 0 spiro atoms. The number of rotatable bonds is 7. The van der Waals surface area contributed by atoms with Crippen molar-refractivity contribution < 1.29 is 9.66 Å². The molecule has 8 heteroatoms. The van der Waals surface area contributed by atoms with Gasteiger partial charge in [-0.1, -0.05) is 12.1 Å². The molecular formula is C17H18N4O3S. The molecule has 0 unspecified atom stereocenters. The first-order chi connectivity index (χ1) is 12.1. The molecule has 0 saturated carbocycles. The minimum absolute atomic E-state index is 0.0546. The molecule has 2 aromatic carbocycles. The summed E-state index contributed by atoms with van der Waals surface area (Å²) in [7, 11) is 0. The van der Waals surface area contributed by atoms with Crippen LogP contribution in [0.15, 0.2) is 53.6 Å². The van der Waals surface area contributed by atoms with Gasteiger partial charge in [-0.25, -0.2) is 0 Å². The molecule has 0 heterocycles. The second-order valence-corrected chi connectivity index (χ2v) is 5.39. The zero-order valence-corrected chi connectivity index (χ0v) is 14.5. The van der Waals surface area contributed by atoms with Gasteiger partial charge in [0.1, 0.15) is 12.4 Å². The van der Waals surface area contributed by atoms with Gasteiger partial charge in [-0.15, -0.1) is 0 Å². The third kappa shape index (κ3) is 5.85. The van der Waals surface area contributed by atoms with Gasteiger partial charge in [0.25, 0.3) is 5.69 Å². The van der Waals surface area contributed by atoms with Crippen molar-refractivity contribution in [3.63, 3.8) is 0 Å². The number of nitro benzene ring substituents is 1. The van der Waals surface area contributed by atoms with E-state index in [9.17, 15) is 10.1 Å². The first-order valence-corrected chi connectivity index (χ1v) is 8.03. The molecule has 0 amide bonds. The smallest absolute Gasteiger partial charge is 0.269 e. The average Bonchev–Trinajstić information content (AvgIpc) is 2.61. The Morgan fingerprint density at radius 1 is 1.28 bits per heavy atom. The van der Waals surface area contributed by atoms with Crippen LogP contribution in [0.2, 0.25) is 0 Å². The molecule has 0 aliphatic rings. The van der Waals surface area contributed by atoms with E-state index >= 15 is 0 Å². The molecule has 2 N–H and O–H groups in total. The number of nitrogens with zero attached hydrogens (tertiary/aromatic N) is 2. The van der Waals surface area contributed by atoms with E-state index in [0.29, 0.717) is 17.5 Å². The fourth-order valence-corrected chi connectivity index (χ4v) is 2.15. The maximum atomic E-state index is 10.7. The number of thiocarbonyl (C=S) groups is 1. The van der Waals surface area contributed by atoms with Crippen LogP contribution in [0.1, 0.15) is 18.1 Å². The number of benzene rings is 2. The summed E-state index contributed by atoms with van der Waals surface area (Å²) in [6, 6.07) is 13.7. The first kappa shape index (κ1) is 18.3. The van der Waals surface area contributed by atoms with Crippen LogP contribution in [-0.4, -0.2) is 22.8 Å². The van der Waals surface area contributed by atoms with Crippen LogP contribution in [0.4, 0.5) is 5.69 Å². The Kier molecular flexibility index (Phi) is 6.85. The summed E-state index contributed by atoms with van der Waals surface area (Å²) < 4.78 is 5.79. The Bertz CT molecular complexity index is 763. The number of para-hydroxylation sites is 1. The lowest BCUT2D eigenvalue weighted by Crippen LogP contribution is -2.31. The van der Waals surface area contributed by atoms with Crippen LogP contribution >= 0.6 is 12.2 Å². The minimum atomic E-state index is -0.429. The average molecular weight is 358 g/mol. The summed E-state index contributed by atoms with van der Waals surface area (Å²) in [5.41, 5.74) is 4.40. The second-order valence-electron chi connectivity index (χ2n) is 4.98. The van der Waals surface area contributed by atoms with Gasteiger partial charge in [-0.05, 0) is 49.0 Å². The molecule has 0 saturated heterocycles. The van der Waals surface area contributed by atoms with Crippen molar-refractivity contribution >= 4 is 29.2 Å².